The summed E-state index contributed by atoms with van der Waals surface area (Å²) in [7, 11) is 0. The van der Waals surface area contributed by atoms with Crippen LogP contribution >= 0.6 is 0 Å². The number of hydrogen-bond acceptors (Lipinski definition) is 4. The van der Waals surface area contributed by atoms with Crippen LogP contribution in [0.3, 0.4) is 0 Å². The molecule has 12 rings (SSSR count). The number of ether oxygens (including phenoxy) is 1. The molecule has 80 heavy (non-hydrogen) atoms. The van der Waals surface area contributed by atoms with Gasteiger partial charge in [0.2, 0.25) is 0 Å². The average Bonchev–Trinajstić information content (AvgIpc) is 4.14. The lowest BCUT2D eigenvalue weighted by molar-refractivity contribution is 0.483. The quantitative estimate of drug-likeness (QED) is 0.109. The molecule has 398 valence electrons. The Kier molecular flexibility index (Phi) is 13.4. The summed E-state index contributed by atoms with van der Waals surface area (Å²) in [4.78, 5) is 10.1. The molecule has 0 radical (unpaired) electrons. The Bertz CT molecular complexity index is 3960. The van der Waals surface area contributed by atoms with Gasteiger partial charge in [-0.2, -0.15) is 0 Å². The van der Waals surface area contributed by atoms with Crippen LogP contribution in [0.5, 0.6) is 11.5 Å². The van der Waals surface area contributed by atoms with E-state index >= 15 is 0 Å². The number of fused-ring (bicyclic) bond motifs is 4. The standard InChI is InChI=1S/C75H72N4O/c1-50(2)63-32-24-33-64(51(3)4)72(63)52-41-59(47-62(42-52)80-61-37-38-66-65-31-20-21-34-67(65)79(70(66)48-61)71-46-56(39-40-76-71)73(5,6)53-25-14-11-15-26-53)77-49-78(69-36-23-22-35-68(69)77)60-44-57(74(7,8)54-27-16-12-17-28-54)43-58(45-60)75(9,10)55-29-18-13-19-30-55/h11-48,50-51H,49H2,1-10H3. The molecule has 0 N–H and O–H groups in total. The fourth-order valence-electron chi connectivity index (χ4n) is 12.4. The maximum absolute atomic E-state index is 7.29. The van der Waals surface area contributed by atoms with Gasteiger partial charge in [-0.05, 0) is 134 Å². The molecule has 0 spiro atoms. The first-order valence-electron chi connectivity index (χ1n) is 28.5. The predicted octanol–water partition coefficient (Wildman–Crippen LogP) is 20.1. The molecule has 0 saturated heterocycles. The number of para-hydroxylation sites is 3. The molecule has 0 fully saturated rings. The molecule has 0 saturated carbocycles. The van der Waals surface area contributed by atoms with Crippen molar-refractivity contribution < 1.29 is 4.74 Å². The van der Waals surface area contributed by atoms with Gasteiger partial charge in [-0.15, -0.1) is 0 Å². The second kappa shape index (κ2) is 20.5. The molecule has 0 unspecified atom stereocenters. The molecule has 0 amide bonds. The van der Waals surface area contributed by atoms with Crippen molar-refractivity contribution in [3.63, 3.8) is 0 Å². The van der Waals surface area contributed by atoms with Gasteiger partial charge in [0.25, 0.3) is 0 Å². The van der Waals surface area contributed by atoms with Gasteiger partial charge < -0.3 is 14.5 Å². The van der Waals surface area contributed by atoms with Crippen molar-refractivity contribution >= 4 is 44.6 Å². The minimum Gasteiger partial charge on any atom is -0.457 e. The topological polar surface area (TPSA) is 33.5 Å². The van der Waals surface area contributed by atoms with E-state index in [-0.39, 0.29) is 16.2 Å². The van der Waals surface area contributed by atoms with Crippen LogP contribution in [0.2, 0.25) is 0 Å². The highest BCUT2D eigenvalue weighted by atomic mass is 16.5. The lowest BCUT2D eigenvalue weighted by Crippen LogP contribution is -2.27. The third kappa shape index (κ3) is 9.32. The Labute approximate surface area is 473 Å². The van der Waals surface area contributed by atoms with Gasteiger partial charge in [-0.1, -0.05) is 215 Å². The molecular weight excluding hydrogens is 973 g/mol. The van der Waals surface area contributed by atoms with Gasteiger partial charge in [0, 0.05) is 56.7 Å². The van der Waals surface area contributed by atoms with Gasteiger partial charge in [-0.25, -0.2) is 4.98 Å². The largest absolute Gasteiger partial charge is 0.457 e. The molecule has 1 aliphatic rings. The predicted molar refractivity (Wildman–Crippen MR) is 336 cm³/mol. The molecule has 1 aliphatic heterocycles. The first kappa shape index (κ1) is 52.1. The Hall–Kier alpha value is -8.67. The molecule has 0 atom stereocenters. The van der Waals surface area contributed by atoms with Crippen molar-refractivity contribution in [3.8, 4) is 28.4 Å². The lowest BCUT2D eigenvalue weighted by atomic mass is 9.73. The van der Waals surface area contributed by atoms with E-state index in [2.05, 4.69) is 308 Å². The zero-order valence-electron chi connectivity index (χ0n) is 48.0. The second-order valence-electron chi connectivity index (χ2n) is 24.1. The van der Waals surface area contributed by atoms with Crippen molar-refractivity contribution in [2.45, 2.75) is 97.3 Å². The molecule has 0 bridgehead atoms. The summed E-state index contributed by atoms with van der Waals surface area (Å²) >= 11 is 0. The van der Waals surface area contributed by atoms with E-state index in [4.69, 9.17) is 9.72 Å². The Morgan fingerprint density at radius 3 is 1.46 bits per heavy atom. The minimum absolute atomic E-state index is 0.239. The number of hydrogen-bond donors (Lipinski definition) is 0. The summed E-state index contributed by atoms with van der Waals surface area (Å²) in [5.41, 5.74) is 18.5. The highest BCUT2D eigenvalue weighted by molar-refractivity contribution is 6.09. The van der Waals surface area contributed by atoms with E-state index in [0.29, 0.717) is 18.5 Å². The van der Waals surface area contributed by atoms with Gasteiger partial charge in [0.05, 0.1) is 22.4 Å². The normalized spacial score (nSPS) is 13.0. The van der Waals surface area contributed by atoms with Crippen LogP contribution in [0.15, 0.2) is 231 Å². The van der Waals surface area contributed by atoms with Crippen LogP contribution in [0.4, 0.5) is 22.7 Å². The summed E-state index contributed by atoms with van der Waals surface area (Å²) in [6, 6.07) is 82.2. The fourth-order valence-corrected chi connectivity index (χ4v) is 12.4. The molecule has 3 heterocycles. The molecule has 9 aromatic carbocycles. The third-order valence-corrected chi connectivity index (χ3v) is 17.3. The average molecular weight is 1050 g/mol. The van der Waals surface area contributed by atoms with E-state index in [1.807, 2.05) is 6.20 Å². The summed E-state index contributed by atoms with van der Waals surface area (Å²) in [6.07, 6.45) is 1.95. The lowest BCUT2D eigenvalue weighted by Gasteiger charge is -2.33. The monoisotopic (exact) mass is 1040 g/mol. The molecule has 5 nitrogen and oxygen atoms in total. The molecule has 0 aliphatic carbocycles. The molecule has 11 aromatic rings. The van der Waals surface area contributed by atoms with Gasteiger partial charge in [0.15, 0.2) is 0 Å². The van der Waals surface area contributed by atoms with Crippen molar-refractivity contribution in [2.24, 2.45) is 0 Å². The molecule has 2 aromatic heterocycles. The van der Waals surface area contributed by atoms with Crippen LogP contribution in [-0.4, -0.2) is 16.2 Å². The van der Waals surface area contributed by atoms with Crippen molar-refractivity contribution in [1.82, 2.24) is 9.55 Å². The number of nitrogens with zero attached hydrogens (tertiary/aromatic N) is 4. The van der Waals surface area contributed by atoms with E-state index in [9.17, 15) is 0 Å². The minimum atomic E-state index is -0.270. The van der Waals surface area contributed by atoms with Gasteiger partial charge in [-0.3, -0.25) is 4.57 Å². The van der Waals surface area contributed by atoms with Gasteiger partial charge >= 0.3 is 0 Å². The van der Waals surface area contributed by atoms with E-state index in [1.54, 1.807) is 0 Å². The maximum atomic E-state index is 7.29. The molecule has 5 heteroatoms. The number of rotatable bonds is 14. The van der Waals surface area contributed by atoms with Crippen LogP contribution in [0.25, 0.3) is 38.8 Å². The summed E-state index contributed by atoms with van der Waals surface area (Å²) in [5, 5.41) is 2.31. The van der Waals surface area contributed by atoms with Crippen molar-refractivity contribution in [1.29, 1.82) is 0 Å². The number of anilines is 4. The maximum Gasteiger partial charge on any atom is 0.137 e. The first-order valence-corrected chi connectivity index (χ1v) is 28.5. The highest BCUT2D eigenvalue weighted by Gasteiger charge is 2.34. The van der Waals surface area contributed by atoms with Crippen LogP contribution in [0, 0.1) is 0 Å². The smallest absolute Gasteiger partial charge is 0.137 e. The zero-order chi connectivity index (χ0) is 55.5. The summed E-state index contributed by atoms with van der Waals surface area (Å²) in [6.45, 7) is 23.8. The van der Waals surface area contributed by atoms with Crippen LogP contribution < -0.4 is 14.5 Å². The second-order valence-corrected chi connectivity index (χ2v) is 24.1. The Morgan fingerprint density at radius 2 is 0.900 bits per heavy atom. The van der Waals surface area contributed by atoms with Crippen LogP contribution in [0.1, 0.15) is 126 Å². The van der Waals surface area contributed by atoms with E-state index in [1.165, 1.54) is 55.5 Å². The van der Waals surface area contributed by atoms with E-state index < -0.39 is 0 Å². The molecular formula is C75H72N4O. The number of aromatic nitrogens is 2. The highest BCUT2D eigenvalue weighted by Crippen LogP contribution is 2.50. The van der Waals surface area contributed by atoms with E-state index in [0.717, 1.165) is 62.0 Å². The van der Waals surface area contributed by atoms with Gasteiger partial charge in [0.1, 0.15) is 24.0 Å². The third-order valence-electron chi connectivity index (χ3n) is 17.3. The number of pyridine rings is 1. The number of benzene rings is 9. The summed E-state index contributed by atoms with van der Waals surface area (Å²) < 4.78 is 9.59. The Balaban J connectivity index is 1.00. The zero-order valence-corrected chi connectivity index (χ0v) is 48.0. The van der Waals surface area contributed by atoms with Crippen LogP contribution in [-0.2, 0) is 16.2 Å². The van der Waals surface area contributed by atoms with Crippen molar-refractivity contribution in [2.75, 3.05) is 16.5 Å². The Morgan fingerprint density at radius 1 is 0.400 bits per heavy atom. The fraction of sp³-hybridized carbons (Fsp3) is 0.213. The van der Waals surface area contributed by atoms with Crippen molar-refractivity contribution in [3.05, 3.63) is 275 Å². The summed E-state index contributed by atoms with van der Waals surface area (Å²) in [5.74, 6) is 2.99. The SMILES string of the molecule is CC(C)c1cccc(C(C)C)c1-c1cc(Oc2ccc3c4ccccc4n(-c4cc(C(C)(C)c5ccccc5)ccn4)c3c2)cc(N2CN(c3cc(C(C)(C)c4ccccc4)cc(C(C)(C)c4ccccc4)c3)c3ccccc32)c1. The first-order chi connectivity index (χ1) is 38.6.